The number of carbonyl (C=O) groups is 1. The molecule has 1 N–H and O–H groups in total. The molecule has 0 atom stereocenters. The normalized spacial score (nSPS) is 10.2. The van der Waals surface area contributed by atoms with Crippen molar-refractivity contribution in [3.8, 4) is 5.75 Å². The summed E-state index contributed by atoms with van der Waals surface area (Å²) in [6.45, 7) is 3.77. The number of aliphatic imine (C=N–C) groups is 1. The number of hydrogen-bond donors (Lipinski definition) is 1. The molecule has 0 saturated carbocycles. The Kier molecular flexibility index (Phi) is 6.01. The maximum atomic E-state index is 12.7. The van der Waals surface area contributed by atoms with E-state index in [1.165, 1.54) is 0 Å². The Morgan fingerprint density at radius 2 is 1.96 bits per heavy atom. The van der Waals surface area contributed by atoms with Crippen LogP contribution in [-0.4, -0.2) is 31.7 Å². The molecule has 28 heavy (non-hydrogen) atoms. The second-order valence-electron chi connectivity index (χ2n) is 6.33. The second-order valence-corrected chi connectivity index (χ2v) is 6.33. The molecule has 142 valence electrons. The van der Waals surface area contributed by atoms with E-state index in [2.05, 4.69) is 22.0 Å². The Hall–Kier alpha value is -3.67. The predicted octanol–water partition coefficient (Wildman–Crippen LogP) is 4.31. The summed E-state index contributed by atoms with van der Waals surface area (Å²) in [5.74, 6) is 0.799. The lowest BCUT2D eigenvalue weighted by Gasteiger charge is -2.15. The van der Waals surface area contributed by atoms with Crippen molar-refractivity contribution in [3.05, 3.63) is 78.0 Å². The van der Waals surface area contributed by atoms with Gasteiger partial charge in [0.05, 0.1) is 0 Å². The van der Waals surface area contributed by atoms with E-state index in [4.69, 9.17) is 4.74 Å². The molecule has 0 aliphatic carbocycles. The molecule has 0 spiro atoms. The topological polar surface area (TPSA) is 66.8 Å². The number of pyridine rings is 1. The molecular weight excluding hydrogens is 352 g/mol. The standard InChI is InChI=1S/C22H22N4O2/c1-23-21-20(12-7-13-24-21)28-15-17-8-4-5-11-19(17)25-22(27)16-9-6-10-18(14-16)26(2)3/h4-14H,1,15H2,2-3H3,(H,25,27). The lowest BCUT2D eigenvalue weighted by molar-refractivity contribution is 0.102. The number of aromatic nitrogens is 1. The maximum Gasteiger partial charge on any atom is 0.255 e. The van der Waals surface area contributed by atoms with Crippen LogP contribution in [0.1, 0.15) is 15.9 Å². The van der Waals surface area contributed by atoms with E-state index >= 15 is 0 Å². The molecular formula is C22H22N4O2. The van der Waals surface area contributed by atoms with Crippen molar-refractivity contribution in [3.63, 3.8) is 0 Å². The van der Waals surface area contributed by atoms with Gasteiger partial charge in [0.15, 0.2) is 11.6 Å². The third-order valence-electron chi connectivity index (χ3n) is 4.17. The zero-order chi connectivity index (χ0) is 19.9. The van der Waals surface area contributed by atoms with Crippen LogP contribution in [0.4, 0.5) is 17.2 Å². The fraction of sp³-hybridized carbons (Fsp3) is 0.136. The Labute approximate surface area is 164 Å². The first-order valence-corrected chi connectivity index (χ1v) is 8.79. The van der Waals surface area contributed by atoms with Crippen molar-refractivity contribution in [2.24, 2.45) is 4.99 Å². The third-order valence-corrected chi connectivity index (χ3v) is 4.17. The zero-order valence-electron chi connectivity index (χ0n) is 15.9. The molecule has 0 bridgehead atoms. The molecule has 3 aromatic rings. The highest BCUT2D eigenvalue weighted by molar-refractivity contribution is 6.05. The fourth-order valence-corrected chi connectivity index (χ4v) is 2.66. The van der Waals surface area contributed by atoms with Gasteiger partial charge in [-0.15, -0.1) is 0 Å². The molecule has 3 rings (SSSR count). The lowest BCUT2D eigenvalue weighted by Crippen LogP contribution is -2.15. The first-order chi connectivity index (χ1) is 13.6. The average Bonchev–Trinajstić information content (AvgIpc) is 2.73. The van der Waals surface area contributed by atoms with Crippen LogP contribution < -0.4 is 15.0 Å². The minimum atomic E-state index is -0.175. The Morgan fingerprint density at radius 3 is 2.75 bits per heavy atom. The highest BCUT2D eigenvalue weighted by Gasteiger charge is 2.11. The number of hydrogen-bond acceptors (Lipinski definition) is 5. The highest BCUT2D eigenvalue weighted by Crippen LogP contribution is 2.26. The smallest absolute Gasteiger partial charge is 0.255 e. The van der Waals surface area contributed by atoms with Gasteiger partial charge in [-0.05, 0) is 43.1 Å². The predicted molar refractivity (Wildman–Crippen MR) is 113 cm³/mol. The van der Waals surface area contributed by atoms with Gasteiger partial charge >= 0.3 is 0 Å². The van der Waals surface area contributed by atoms with E-state index in [-0.39, 0.29) is 12.5 Å². The van der Waals surface area contributed by atoms with Gasteiger partial charge < -0.3 is 15.0 Å². The summed E-state index contributed by atoms with van der Waals surface area (Å²) in [6, 6.07) is 18.5. The van der Waals surface area contributed by atoms with Gasteiger partial charge in [-0.1, -0.05) is 24.3 Å². The molecule has 1 aromatic heterocycles. The molecule has 0 saturated heterocycles. The largest absolute Gasteiger partial charge is 0.485 e. The second kappa shape index (κ2) is 8.81. The van der Waals surface area contributed by atoms with Crippen LogP contribution in [0.25, 0.3) is 0 Å². The molecule has 0 aliphatic heterocycles. The molecule has 2 aromatic carbocycles. The van der Waals surface area contributed by atoms with Gasteiger partial charge in [0.1, 0.15) is 6.61 Å². The Bertz CT molecular complexity index is 986. The van der Waals surface area contributed by atoms with Crippen LogP contribution in [0.15, 0.2) is 71.9 Å². The number of amides is 1. The van der Waals surface area contributed by atoms with Crippen LogP contribution >= 0.6 is 0 Å². The van der Waals surface area contributed by atoms with Crippen LogP contribution in [0, 0.1) is 0 Å². The lowest BCUT2D eigenvalue weighted by atomic mass is 10.1. The number of nitrogens with zero attached hydrogens (tertiary/aromatic N) is 3. The maximum absolute atomic E-state index is 12.7. The highest BCUT2D eigenvalue weighted by atomic mass is 16.5. The van der Waals surface area contributed by atoms with E-state index in [0.717, 1.165) is 11.3 Å². The van der Waals surface area contributed by atoms with Crippen LogP contribution in [0.2, 0.25) is 0 Å². The number of ether oxygens (including phenoxy) is 1. The minimum absolute atomic E-state index is 0.175. The van der Waals surface area contributed by atoms with Crippen molar-refractivity contribution >= 4 is 29.8 Å². The molecule has 0 radical (unpaired) electrons. The van der Waals surface area contributed by atoms with E-state index < -0.39 is 0 Å². The number of para-hydroxylation sites is 1. The van der Waals surface area contributed by atoms with Crippen LogP contribution in [-0.2, 0) is 6.61 Å². The first-order valence-electron chi connectivity index (χ1n) is 8.79. The number of benzene rings is 2. The summed E-state index contributed by atoms with van der Waals surface area (Å²) in [5.41, 5.74) is 3.09. The molecule has 1 heterocycles. The van der Waals surface area contributed by atoms with Crippen LogP contribution in [0.3, 0.4) is 0 Å². The van der Waals surface area contributed by atoms with Crippen molar-refractivity contribution < 1.29 is 9.53 Å². The monoisotopic (exact) mass is 374 g/mol. The number of rotatable bonds is 7. The summed E-state index contributed by atoms with van der Waals surface area (Å²) in [7, 11) is 3.88. The van der Waals surface area contributed by atoms with Crippen molar-refractivity contribution in [2.75, 3.05) is 24.3 Å². The van der Waals surface area contributed by atoms with Gasteiger partial charge in [0.2, 0.25) is 0 Å². The summed E-state index contributed by atoms with van der Waals surface area (Å²) in [4.78, 5) is 22.6. The Morgan fingerprint density at radius 1 is 1.14 bits per heavy atom. The molecule has 6 nitrogen and oxygen atoms in total. The van der Waals surface area contributed by atoms with Gasteiger partial charge in [0.25, 0.3) is 5.91 Å². The zero-order valence-corrected chi connectivity index (χ0v) is 15.9. The van der Waals surface area contributed by atoms with E-state index in [0.29, 0.717) is 22.8 Å². The number of carbonyl (C=O) groups excluding carboxylic acids is 1. The minimum Gasteiger partial charge on any atom is -0.485 e. The number of anilines is 2. The SMILES string of the molecule is C=Nc1ncccc1OCc1ccccc1NC(=O)c1cccc(N(C)C)c1. The fourth-order valence-electron chi connectivity index (χ4n) is 2.66. The van der Waals surface area contributed by atoms with Gasteiger partial charge in [-0.3, -0.25) is 4.79 Å². The van der Waals surface area contributed by atoms with Crippen molar-refractivity contribution in [1.82, 2.24) is 4.98 Å². The molecule has 1 amide bonds. The van der Waals surface area contributed by atoms with E-state index in [9.17, 15) is 4.79 Å². The van der Waals surface area contributed by atoms with Gasteiger partial charge in [0, 0.05) is 42.8 Å². The molecule has 0 unspecified atom stereocenters. The first kappa shape index (κ1) is 19.1. The number of nitrogens with one attached hydrogen (secondary N) is 1. The summed E-state index contributed by atoms with van der Waals surface area (Å²) >= 11 is 0. The van der Waals surface area contributed by atoms with E-state index in [1.54, 1.807) is 24.4 Å². The summed E-state index contributed by atoms with van der Waals surface area (Å²) in [6.07, 6.45) is 1.63. The summed E-state index contributed by atoms with van der Waals surface area (Å²) in [5, 5.41) is 2.97. The van der Waals surface area contributed by atoms with Gasteiger partial charge in [-0.25, -0.2) is 9.98 Å². The average molecular weight is 374 g/mol. The molecule has 6 heteroatoms. The molecule has 0 fully saturated rings. The van der Waals surface area contributed by atoms with E-state index in [1.807, 2.05) is 61.5 Å². The Balaban J connectivity index is 1.76. The summed E-state index contributed by atoms with van der Waals surface area (Å²) < 4.78 is 5.84. The van der Waals surface area contributed by atoms with Crippen LogP contribution in [0.5, 0.6) is 5.75 Å². The van der Waals surface area contributed by atoms with Crippen molar-refractivity contribution in [1.29, 1.82) is 0 Å². The third kappa shape index (κ3) is 4.54. The molecule has 0 aliphatic rings. The van der Waals surface area contributed by atoms with Gasteiger partial charge in [-0.2, -0.15) is 0 Å². The van der Waals surface area contributed by atoms with Crippen molar-refractivity contribution in [2.45, 2.75) is 6.61 Å². The quantitative estimate of drug-likeness (QED) is 0.626.